The maximum atomic E-state index is 12.2. The van der Waals surface area contributed by atoms with Crippen molar-refractivity contribution in [3.63, 3.8) is 0 Å². The molecule has 5 nitrogen and oxygen atoms in total. The number of hydrogen-bond donors (Lipinski definition) is 1. The van der Waals surface area contributed by atoms with Crippen molar-refractivity contribution in [2.45, 2.75) is 13.0 Å². The number of benzene rings is 1. The first kappa shape index (κ1) is 13.4. The van der Waals surface area contributed by atoms with Crippen LogP contribution in [-0.2, 0) is 9.53 Å². The third-order valence-corrected chi connectivity index (χ3v) is 6.36. The lowest BCUT2D eigenvalue weighted by molar-refractivity contribution is -0.147. The number of piperidine rings is 1. The van der Waals surface area contributed by atoms with Gasteiger partial charge in [0.1, 0.15) is 5.75 Å². The molecule has 1 aromatic heterocycles. The molecule has 0 radical (unpaired) electrons. The van der Waals surface area contributed by atoms with Crippen molar-refractivity contribution in [3.8, 4) is 17.0 Å². The topological polar surface area (TPSA) is 62.7 Å². The highest BCUT2D eigenvalue weighted by Crippen LogP contribution is 2.86. The fourth-order valence-electron chi connectivity index (χ4n) is 4.36. The molecule has 4 atom stereocenters. The highest BCUT2D eigenvalue weighted by atomic mass is 32.1. The van der Waals surface area contributed by atoms with Crippen LogP contribution >= 0.6 is 11.3 Å². The number of aromatic hydroxyl groups is 1. The standard InChI is InChI=1S/C17H16N2O3S/c1-2-22-15(21)17-10-7-19(14(17)13(10)17)16-18-11(8-23-16)9-5-3-4-6-12(9)20/h3-6,8,10,13-14,20H,2,7H2,1H3. The summed E-state index contributed by atoms with van der Waals surface area (Å²) in [7, 11) is 0. The molecular weight excluding hydrogens is 312 g/mol. The van der Waals surface area contributed by atoms with Crippen LogP contribution in [0.1, 0.15) is 6.92 Å². The average Bonchev–Trinajstić information content (AvgIpc) is 3.11. The Morgan fingerprint density at radius 1 is 1.52 bits per heavy atom. The van der Waals surface area contributed by atoms with Gasteiger partial charge in [0.2, 0.25) is 0 Å². The highest BCUT2D eigenvalue weighted by molar-refractivity contribution is 7.14. The molecule has 2 bridgehead atoms. The van der Waals surface area contributed by atoms with E-state index in [1.54, 1.807) is 23.5 Å². The second kappa shape index (κ2) is 4.26. The predicted octanol–water partition coefficient (Wildman–Crippen LogP) is 2.51. The first-order valence-electron chi connectivity index (χ1n) is 7.87. The van der Waals surface area contributed by atoms with E-state index in [1.807, 2.05) is 24.4 Å². The Morgan fingerprint density at radius 2 is 2.35 bits per heavy atom. The Labute approximate surface area is 137 Å². The number of anilines is 1. The molecule has 1 N–H and O–H groups in total. The molecule has 2 aromatic rings. The van der Waals surface area contributed by atoms with Crippen molar-refractivity contribution in [2.75, 3.05) is 18.1 Å². The first-order chi connectivity index (χ1) is 11.2. The van der Waals surface area contributed by atoms with Gasteiger partial charge in [-0.15, -0.1) is 11.3 Å². The summed E-state index contributed by atoms with van der Waals surface area (Å²) < 4.78 is 5.25. The van der Waals surface area contributed by atoms with E-state index in [-0.39, 0.29) is 23.2 Å². The minimum atomic E-state index is -0.225. The molecule has 23 heavy (non-hydrogen) atoms. The van der Waals surface area contributed by atoms with E-state index >= 15 is 0 Å². The summed E-state index contributed by atoms with van der Waals surface area (Å²) in [6.07, 6.45) is 0. The number of rotatable bonds is 4. The Hall–Kier alpha value is -2.08. The van der Waals surface area contributed by atoms with Crippen molar-refractivity contribution in [1.82, 2.24) is 4.98 Å². The number of aromatic nitrogens is 1. The molecule has 2 aliphatic heterocycles. The molecule has 2 saturated carbocycles. The number of para-hydroxylation sites is 1. The SMILES string of the molecule is CCOC(=O)C12C3CN(c4nc(-c5ccccc5O)cs4)C1C32. The summed E-state index contributed by atoms with van der Waals surface area (Å²) in [5, 5.41) is 12.9. The summed E-state index contributed by atoms with van der Waals surface area (Å²) in [6, 6.07) is 7.49. The van der Waals surface area contributed by atoms with Crippen LogP contribution in [0, 0.1) is 17.3 Å². The molecular formula is C17H16N2O3S. The lowest BCUT2D eigenvalue weighted by Crippen LogP contribution is -2.25. The van der Waals surface area contributed by atoms with Crippen LogP contribution in [-0.4, -0.2) is 35.3 Å². The van der Waals surface area contributed by atoms with Crippen molar-refractivity contribution in [2.24, 2.45) is 17.3 Å². The van der Waals surface area contributed by atoms with Crippen molar-refractivity contribution >= 4 is 22.4 Å². The van der Waals surface area contributed by atoms with E-state index in [2.05, 4.69) is 9.88 Å². The predicted molar refractivity (Wildman–Crippen MR) is 86.4 cm³/mol. The number of carbonyl (C=O) groups is 1. The van der Waals surface area contributed by atoms with E-state index in [1.165, 1.54) is 0 Å². The van der Waals surface area contributed by atoms with Gasteiger partial charge in [0.05, 0.1) is 23.8 Å². The van der Waals surface area contributed by atoms with Crippen molar-refractivity contribution in [1.29, 1.82) is 0 Å². The summed E-state index contributed by atoms with van der Waals surface area (Å²) in [6.45, 7) is 3.19. The summed E-state index contributed by atoms with van der Waals surface area (Å²) in [4.78, 5) is 19.1. The number of ether oxygens (including phenoxy) is 1. The van der Waals surface area contributed by atoms with Crippen molar-refractivity contribution < 1.29 is 14.6 Å². The smallest absolute Gasteiger partial charge is 0.314 e. The van der Waals surface area contributed by atoms with Gasteiger partial charge in [0.25, 0.3) is 0 Å². The van der Waals surface area contributed by atoms with E-state index in [0.29, 0.717) is 18.4 Å². The number of nitrogens with zero attached hydrogens (tertiary/aromatic N) is 2. The van der Waals surface area contributed by atoms with Crippen molar-refractivity contribution in [3.05, 3.63) is 29.6 Å². The van der Waals surface area contributed by atoms with Crippen LogP contribution < -0.4 is 4.90 Å². The fourth-order valence-corrected chi connectivity index (χ4v) is 5.23. The number of esters is 1. The quantitative estimate of drug-likeness (QED) is 0.874. The summed E-state index contributed by atoms with van der Waals surface area (Å²) in [5.74, 6) is 1.13. The second-order valence-corrected chi connectivity index (χ2v) is 7.25. The zero-order valence-electron chi connectivity index (χ0n) is 12.6. The Morgan fingerprint density at radius 3 is 3.09 bits per heavy atom. The fraction of sp³-hybridized carbons (Fsp3) is 0.412. The Bertz CT molecular complexity index is 814. The minimum absolute atomic E-state index is 0.0278. The molecule has 1 aromatic carbocycles. The largest absolute Gasteiger partial charge is 0.507 e. The molecule has 4 unspecified atom stereocenters. The van der Waals surface area contributed by atoms with Gasteiger partial charge in [-0.2, -0.15) is 0 Å². The van der Waals surface area contributed by atoms with Gasteiger partial charge >= 0.3 is 5.97 Å². The van der Waals surface area contributed by atoms with E-state index in [4.69, 9.17) is 4.74 Å². The van der Waals surface area contributed by atoms with Gasteiger partial charge < -0.3 is 14.7 Å². The normalized spacial score (nSPS) is 32.6. The number of fused-ring (bicyclic) bond motifs is 1. The van der Waals surface area contributed by atoms with E-state index < -0.39 is 0 Å². The molecule has 2 saturated heterocycles. The second-order valence-electron chi connectivity index (χ2n) is 6.42. The monoisotopic (exact) mass is 328 g/mol. The number of hydrogen-bond acceptors (Lipinski definition) is 6. The van der Waals surface area contributed by atoms with Crippen LogP contribution in [0.25, 0.3) is 11.3 Å². The average molecular weight is 328 g/mol. The van der Waals surface area contributed by atoms with E-state index in [9.17, 15) is 9.90 Å². The summed E-state index contributed by atoms with van der Waals surface area (Å²) >= 11 is 1.57. The lowest BCUT2D eigenvalue weighted by Gasteiger charge is -2.15. The van der Waals surface area contributed by atoms with Crippen LogP contribution in [0.3, 0.4) is 0 Å². The van der Waals surface area contributed by atoms with Crippen LogP contribution in [0.5, 0.6) is 5.75 Å². The molecule has 4 fully saturated rings. The molecule has 6 heteroatoms. The van der Waals surface area contributed by atoms with Crippen LogP contribution in [0.15, 0.2) is 29.6 Å². The highest BCUT2D eigenvalue weighted by Gasteiger charge is 2.97. The minimum Gasteiger partial charge on any atom is -0.507 e. The third-order valence-electron chi connectivity index (χ3n) is 5.49. The van der Waals surface area contributed by atoms with Gasteiger partial charge in [-0.1, -0.05) is 12.1 Å². The molecule has 118 valence electrons. The molecule has 6 rings (SSSR count). The van der Waals surface area contributed by atoms with E-state index in [0.717, 1.165) is 22.9 Å². The summed E-state index contributed by atoms with van der Waals surface area (Å²) in [5.41, 5.74) is 1.30. The van der Waals surface area contributed by atoms with Gasteiger partial charge in [-0.05, 0) is 19.1 Å². The van der Waals surface area contributed by atoms with Gasteiger partial charge in [-0.3, -0.25) is 4.79 Å². The maximum absolute atomic E-state index is 12.2. The molecule has 0 amide bonds. The number of carbonyl (C=O) groups excluding carboxylic acids is 1. The number of phenolic OH excluding ortho intramolecular Hbond substituents is 1. The van der Waals surface area contributed by atoms with Gasteiger partial charge in [0, 0.05) is 29.3 Å². The molecule has 0 spiro atoms. The number of thiazole rings is 1. The molecule has 3 heterocycles. The third kappa shape index (κ3) is 1.52. The number of phenols is 1. The van der Waals surface area contributed by atoms with Gasteiger partial charge in [-0.25, -0.2) is 4.98 Å². The molecule has 2 aliphatic carbocycles. The Kier molecular flexibility index (Phi) is 2.48. The first-order valence-corrected chi connectivity index (χ1v) is 8.75. The zero-order valence-corrected chi connectivity index (χ0v) is 13.4. The zero-order chi connectivity index (χ0) is 15.8. The van der Waals surface area contributed by atoms with Gasteiger partial charge in [0.15, 0.2) is 5.13 Å². The lowest BCUT2D eigenvalue weighted by atomic mass is 10.1. The maximum Gasteiger partial charge on any atom is 0.314 e. The molecule has 4 aliphatic rings. The van der Waals surface area contributed by atoms with Crippen LogP contribution in [0.2, 0.25) is 0 Å². The van der Waals surface area contributed by atoms with Crippen LogP contribution in [0.4, 0.5) is 5.13 Å². The Balaban J connectivity index is 1.40.